The molecule has 5 nitrogen and oxygen atoms in total. The first-order valence-corrected chi connectivity index (χ1v) is 10.2. The van der Waals surface area contributed by atoms with E-state index in [0.29, 0.717) is 41.4 Å². The number of amides is 1. The van der Waals surface area contributed by atoms with Gasteiger partial charge in [0.15, 0.2) is 11.6 Å². The van der Waals surface area contributed by atoms with E-state index in [1.54, 1.807) is 19.3 Å². The zero-order valence-corrected chi connectivity index (χ0v) is 17.4. The average molecular weight is 449 g/mol. The summed E-state index contributed by atoms with van der Waals surface area (Å²) in [4.78, 5) is 12.9. The molecule has 2 N–H and O–H groups in total. The molecular formula is C22H20ClF3N4O. The second-order valence-corrected chi connectivity index (χ2v) is 7.97. The summed E-state index contributed by atoms with van der Waals surface area (Å²) in [6.07, 6.45) is 2.18. The van der Waals surface area contributed by atoms with E-state index in [-0.39, 0.29) is 11.6 Å². The maximum Gasteiger partial charge on any atom is 0.229 e. The lowest BCUT2D eigenvalue weighted by atomic mass is 9.80. The molecule has 1 aromatic heterocycles. The van der Waals surface area contributed by atoms with Gasteiger partial charge in [0.05, 0.1) is 16.6 Å². The van der Waals surface area contributed by atoms with Crippen molar-refractivity contribution in [1.29, 1.82) is 0 Å². The molecule has 0 bridgehead atoms. The smallest absolute Gasteiger partial charge is 0.229 e. The van der Waals surface area contributed by atoms with Crippen LogP contribution in [0.5, 0.6) is 0 Å². The first-order chi connectivity index (χ1) is 14.8. The van der Waals surface area contributed by atoms with E-state index in [9.17, 15) is 18.0 Å². The van der Waals surface area contributed by atoms with Gasteiger partial charge >= 0.3 is 0 Å². The summed E-state index contributed by atoms with van der Waals surface area (Å²) in [5, 5.41) is 10.4. The number of nitrogens with zero attached hydrogens (tertiary/aromatic N) is 2. The quantitative estimate of drug-likeness (QED) is 0.618. The molecule has 3 aromatic rings. The fourth-order valence-corrected chi connectivity index (χ4v) is 4.21. The van der Waals surface area contributed by atoms with Crippen molar-refractivity contribution in [2.24, 2.45) is 13.0 Å². The fraction of sp³-hybridized carbons (Fsp3) is 0.273. The Bertz CT molecular complexity index is 1130. The van der Waals surface area contributed by atoms with Gasteiger partial charge in [0, 0.05) is 25.4 Å². The largest absolute Gasteiger partial charge is 0.323 e. The van der Waals surface area contributed by atoms with Crippen LogP contribution in [0.1, 0.15) is 17.9 Å². The van der Waals surface area contributed by atoms with Gasteiger partial charge in [-0.05, 0) is 48.7 Å². The van der Waals surface area contributed by atoms with Crippen molar-refractivity contribution in [2.45, 2.75) is 12.3 Å². The minimum Gasteiger partial charge on any atom is -0.323 e. The molecule has 1 saturated heterocycles. The summed E-state index contributed by atoms with van der Waals surface area (Å²) >= 11 is 6.12. The molecule has 1 amide bonds. The van der Waals surface area contributed by atoms with Crippen LogP contribution in [-0.2, 0) is 11.8 Å². The minimum absolute atomic E-state index is 0.0235. The van der Waals surface area contributed by atoms with Crippen molar-refractivity contribution in [3.8, 4) is 11.3 Å². The molecule has 0 spiro atoms. The maximum atomic E-state index is 14.7. The molecule has 0 saturated carbocycles. The molecule has 0 aliphatic carbocycles. The lowest BCUT2D eigenvalue weighted by molar-refractivity contribution is -0.120. The molecule has 4 rings (SSSR count). The standard InChI is InChI=1S/C22H20ClF3N4O/c1-30-11-16(23)21(29-30)13-3-5-20(19(26)9-13)28-22(31)15-10-27-7-6-14(15)12-2-4-17(24)18(25)8-12/h2-5,8-9,11,14-15,27H,6-7,10H2,1H3,(H,28,31)/t14-,15+/m0/s1. The Hall–Kier alpha value is -2.84. The number of hydrogen-bond donors (Lipinski definition) is 2. The van der Waals surface area contributed by atoms with Gasteiger partial charge in [0.1, 0.15) is 11.5 Å². The van der Waals surface area contributed by atoms with E-state index in [2.05, 4.69) is 15.7 Å². The third-order valence-electron chi connectivity index (χ3n) is 5.48. The van der Waals surface area contributed by atoms with Crippen molar-refractivity contribution < 1.29 is 18.0 Å². The number of piperidine rings is 1. The second-order valence-electron chi connectivity index (χ2n) is 7.56. The number of carbonyl (C=O) groups is 1. The van der Waals surface area contributed by atoms with Crippen LogP contribution in [0.15, 0.2) is 42.6 Å². The predicted octanol–water partition coefficient (Wildman–Crippen LogP) is 4.49. The van der Waals surface area contributed by atoms with Crippen molar-refractivity contribution in [2.75, 3.05) is 18.4 Å². The highest BCUT2D eigenvalue weighted by Gasteiger charge is 2.33. The second kappa shape index (κ2) is 8.72. The molecule has 162 valence electrons. The molecule has 9 heteroatoms. The van der Waals surface area contributed by atoms with E-state index in [0.717, 1.165) is 12.1 Å². The van der Waals surface area contributed by atoms with E-state index >= 15 is 0 Å². The zero-order chi connectivity index (χ0) is 22.1. The Kier molecular flexibility index (Phi) is 6.02. The lowest BCUT2D eigenvalue weighted by Crippen LogP contribution is -2.42. The Morgan fingerprint density at radius 3 is 2.65 bits per heavy atom. The van der Waals surface area contributed by atoms with Crippen LogP contribution in [0, 0.1) is 23.4 Å². The maximum absolute atomic E-state index is 14.7. The van der Waals surface area contributed by atoms with E-state index in [4.69, 9.17) is 11.6 Å². The third kappa shape index (κ3) is 4.45. The Morgan fingerprint density at radius 1 is 1.16 bits per heavy atom. The molecular weight excluding hydrogens is 429 g/mol. The molecule has 0 radical (unpaired) electrons. The lowest BCUT2D eigenvalue weighted by Gasteiger charge is -2.31. The molecule has 2 atom stereocenters. The Morgan fingerprint density at radius 2 is 1.97 bits per heavy atom. The number of halogens is 4. The van der Waals surface area contributed by atoms with Crippen LogP contribution in [0.3, 0.4) is 0 Å². The first-order valence-electron chi connectivity index (χ1n) is 9.79. The van der Waals surface area contributed by atoms with Crippen molar-refractivity contribution in [3.05, 3.63) is 70.6 Å². The van der Waals surface area contributed by atoms with Gasteiger partial charge < -0.3 is 10.6 Å². The molecule has 1 fully saturated rings. The van der Waals surface area contributed by atoms with Crippen LogP contribution in [0.4, 0.5) is 18.9 Å². The number of nitrogens with one attached hydrogen (secondary N) is 2. The Balaban J connectivity index is 1.54. The summed E-state index contributed by atoms with van der Waals surface area (Å²) in [7, 11) is 1.71. The number of aromatic nitrogens is 2. The zero-order valence-electron chi connectivity index (χ0n) is 16.6. The van der Waals surface area contributed by atoms with Crippen LogP contribution >= 0.6 is 11.6 Å². The van der Waals surface area contributed by atoms with Crippen LogP contribution in [-0.4, -0.2) is 28.8 Å². The molecule has 0 unspecified atom stereocenters. The third-order valence-corrected chi connectivity index (χ3v) is 5.75. The number of hydrogen-bond acceptors (Lipinski definition) is 3. The van der Waals surface area contributed by atoms with Crippen LogP contribution in [0.25, 0.3) is 11.3 Å². The van der Waals surface area contributed by atoms with Gasteiger partial charge in [0.2, 0.25) is 5.91 Å². The molecule has 2 aromatic carbocycles. The number of aryl methyl sites for hydroxylation is 1. The minimum atomic E-state index is -0.954. The molecule has 1 aliphatic rings. The predicted molar refractivity (Wildman–Crippen MR) is 112 cm³/mol. The number of anilines is 1. The molecule has 2 heterocycles. The fourth-order valence-electron chi connectivity index (χ4n) is 3.92. The van der Waals surface area contributed by atoms with Gasteiger partial charge in [-0.3, -0.25) is 9.48 Å². The van der Waals surface area contributed by atoms with Crippen molar-refractivity contribution in [3.63, 3.8) is 0 Å². The molecule has 31 heavy (non-hydrogen) atoms. The van der Waals surface area contributed by atoms with Crippen LogP contribution in [0.2, 0.25) is 5.02 Å². The van der Waals surface area contributed by atoms with E-state index in [1.165, 1.54) is 22.9 Å². The van der Waals surface area contributed by atoms with Gasteiger partial charge in [0.25, 0.3) is 0 Å². The van der Waals surface area contributed by atoms with Crippen molar-refractivity contribution in [1.82, 2.24) is 15.1 Å². The summed E-state index contributed by atoms with van der Waals surface area (Å²) in [5.74, 6) is -3.79. The highest BCUT2D eigenvalue weighted by Crippen LogP contribution is 2.33. The van der Waals surface area contributed by atoms with Crippen molar-refractivity contribution >= 4 is 23.2 Å². The van der Waals surface area contributed by atoms with Gasteiger partial charge in [-0.15, -0.1) is 0 Å². The Labute approximate surface area is 182 Å². The number of carbonyl (C=O) groups excluding carboxylic acids is 1. The number of benzene rings is 2. The van der Waals surface area contributed by atoms with Crippen LogP contribution < -0.4 is 10.6 Å². The highest BCUT2D eigenvalue weighted by molar-refractivity contribution is 6.33. The first kappa shape index (κ1) is 21.4. The normalized spacial score (nSPS) is 18.7. The summed E-state index contributed by atoms with van der Waals surface area (Å²) in [5.41, 5.74) is 1.49. The van der Waals surface area contributed by atoms with E-state index in [1.807, 2.05) is 0 Å². The summed E-state index contributed by atoms with van der Waals surface area (Å²) in [6.45, 7) is 0.986. The van der Waals surface area contributed by atoms with E-state index < -0.39 is 29.3 Å². The summed E-state index contributed by atoms with van der Waals surface area (Å²) < 4.78 is 43.3. The highest BCUT2D eigenvalue weighted by atomic mass is 35.5. The topological polar surface area (TPSA) is 59.0 Å². The number of rotatable bonds is 4. The average Bonchev–Trinajstić information content (AvgIpc) is 3.09. The SMILES string of the molecule is Cn1cc(Cl)c(-c2ccc(NC(=O)[C@@H]3CNCC[C@H]3c3ccc(F)c(F)c3)c(F)c2)n1. The monoisotopic (exact) mass is 448 g/mol. The molecule has 1 aliphatic heterocycles. The van der Waals surface area contributed by atoms with Gasteiger partial charge in [-0.2, -0.15) is 5.10 Å². The summed E-state index contributed by atoms with van der Waals surface area (Å²) in [6, 6.07) is 8.01. The van der Waals surface area contributed by atoms with Gasteiger partial charge in [-0.1, -0.05) is 23.7 Å². The van der Waals surface area contributed by atoms with Gasteiger partial charge in [-0.25, -0.2) is 13.2 Å².